The standard InChI is InChI=1S/C5H6N2S2/c1-4-6-7-5(9-4)2-3-8/h3H,2H2,1H3. The van der Waals surface area contributed by atoms with Crippen LogP contribution in [-0.2, 0) is 6.42 Å². The predicted octanol–water partition coefficient (Wildman–Crippen LogP) is 1.39. The molecule has 0 radical (unpaired) electrons. The van der Waals surface area contributed by atoms with Gasteiger partial charge in [0.2, 0.25) is 0 Å². The summed E-state index contributed by atoms with van der Waals surface area (Å²) in [5, 5.41) is 11.4. The van der Waals surface area contributed by atoms with Crippen LogP contribution in [0.4, 0.5) is 0 Å². The van der Waals surface area contributed by atoms with Crippen LogP contribution in [0, 0.1) is 6.92 Å². The van der Waals surface area contributed by atoms with E-state index < -0.39 is 0 Å². The maximum Gasteiger partial charge on any atom is 0.122 e. The number of hydrogen-bond donors (Lipinski definition) is 0. The van der Waals surface area contributed by atoms with Crippen LogP contribution in [0.3, 0.4) is 0 Å². The second-order valence-electron chi connectivity index (χ2n) is 1.59. The van der Waals surface area contributed by atoms with Gasteiger partial charge in [-0.15, -0.1) is 21.5 Å². The predicted molar refractivity (Wildman–Crippen MR) is 42.0 cm³/mol. The molecule has 0 fully saturated rings. The molecule has 9 heavy (non-hydrogen) atoms. The lowest BCUT2D eigenvalue weighted by Gasteiger charge is -1.77. The van der Waals surface area contributed by atoms with Crippen molar-refractivity contribution in [3.05, 3.63) is 10.0 Å². The zero-order chi connectivity index (χ0) is 6.69. The lowest BCUT2D eigenvalue weighted by molar-refractivity contribution is 1.01. The van der Waals surface area contributed by atoms with Gasteiger partial charge in [-0.3, -0.25) is 0 Å². The Morgan fingerprint density at radius 2 is 2.44 bits per heavy atom. The van der Waals surface area contributed by atoms with Crippen molar-refractivity contribution in [1.82, 2.24) is 10.2 Å². The minimum Gasteiger partial charge on any atom is -0.144 e. The Hall–Kier alpha value is -0.350. The third kappa shape index (κ3) is 1.80. The monoisotopic (exact) mass is 158 g/mol. The fourth-order valence-corrected chi connectivity index (χ4v) is 1.43. The molecule has 2 nitrogen and oxygen atoms in total. The van der Waals surface area contributed by atoms with Gasteiger partial charge in [0, 0.05) is 6.42 Å². The topological polar surface area (TPSA) is 25.8 Å². The first-order valence-corrected chi connectivity index (χ1v) is 3.84. The molecular formula is C5H6N2S2. The molecule has 0 aliphatic carbocycles. The third-order valence-corrected chi connectivity index (χ3v) is 1.85. The first-order valence-electron chi connectivity index (χ1n) is 2.55. The molecule has 4 heteroatoms. The number of hydrogen-bond acceptors (Lipinski definition) is 4. The van der Waals surface area contributed by atoms with Crippen molar-refractivity contribution in [2.75, 3.05) is 0 Å². The fourth-order valence-electron chi connectivity index (χ4n) is 0.491. The van der Waals surface area contributed by atoms with Gasteiger partial charge in [0.1, 0.15) is 10.0 Å². The molecule has 0 amide bonds. The molecule has 0 aliphatic heterocycles. The van der Waals surface area contributed by atoms with E-state index in [1.807, 2.05) is 6.92 Å². The van der Waals surface area contributed by atoms with Gasteiger partial charge in [0.15, 0.2) is 0 Å². The molecule has 1 heterocycles. The normalized spacial score (nSPS) is 9.44. The molecule has 1 aromatic rings. The summed E-state index contributed by atoms with van der Waals surface area (Å²) in [6.45, 7) is 1.94. The second-order valence-corrected chi connectivity index (χ2v) is 3.19. The highest BCUT2D eigenvalue weighted by Gasteiger charge is 1.95. The average Bonchev–Trinajstić information content (AvgIpc) is 2.17. The van der Waals surface area contributed by atoms with Crippen LogP contribution in [0.1, 0.15) is 10.0 Å². The van der Waals surface area contributed by atoms with Gasteiger partial charge in [-0.1, -0.05) is 12.2 Å². The van der Waals surface area contributed by atoms with E-state index in [1.54, 1.807) is 16.7 Å². The Morgan fingerprint density at radius 1 is 1.67 bits per heavy atom. The highest BCUT2D eigenvalue weighted by Crippen LogP contribution is 2.06. The minimum absolute atomic E-state index is 0.765. The third-order valence-electron chi connectivity index (χ3n) is 0.826. The number of aromatic nitrogens is 2. The van der Waals surface area contributed by atoms with Crippen LogP contribution in [0.15, 0.2) is 0 Å². The minimum atomic E-state index is 0.765. The maximum absolute atomic E-state index is 4.66. The van der Waals surface area contributed by atoms with Gasteiger partial charge in [0.25, 0.3) is 0 Å². The van der Waals surface area contributed by atoms with E-state index in [0.717, 1.165) is 16.4 Å². The first kappa shape index (κ1) is 6.77. The molecule has 1 aromatic heterocycles. The van der Waals surface area contributed by atoms with Crippen molar-refractivity contribution < 1.29 is 0 Å². The average molecular weight is 158 g/mol. The second kappa shape index (κ2) is 2.98. The highest BCUT2D eigenvalue weighted by atomic mass is 32.1. The molecule has 0 bridgehead atoms. The molecule has 1 rings (SSSR count). The largest absolute Gasteiger partial charge is 0.144 e. The Labute approximate surface area is 62.9 Å². The molecule has 0 N–H and O–H groups in total. The lowest BCUT2D eigenvalue weighted by Crippen LogP contribution is -1.80. The van der Waals surface area contributed by atoms with E-state index >= 15 is 0 Å². The van der Waals surface area contributed by atoms with Gasteiger partial charge < -0.3 is 0 Å². The van der Waals surface area contributed by atoms with Gasteiger partial charge >= 0.3 is 0 Å². The summed E-state index contributed by atoms with van der Waals surface area (Å²) in [5.41, 5.74) is 0. The highest BCUT2D eigenvalue weighted by molar-refractivity contribution is 7.79. The van der Waals surface area contributed by atoms with E-state index in [2.05, 4.69) is 22.4 Å². The summed E-state index contributed by atoms with van der Waals surface area (Å²) in [4.78, 5) is 0. The molecule has 0 atom stereocenters. The van der Waals surface area contributed by atoms with E-state index in [-0.39, 0.29) is 0 Å². The zero-order valence-corrected chi connectivity index (χ0v) is 6.63. The maximum atomic E-state index is 4.66. The van der Waals surface area contributed by atoms with Crippen LogP contribution in [-0.4, -0.2) is 15.6 Å². The Kier molecular flexibility index (Phi) is 2.24. The van der Waals surface area contributed by atoms with Gasteiger partial charge in [-0.25, -0.2) is 0 Å². The Morgan fingerprint density at radius 3 is 2.89 bits per heavy atom. The first-order chi connectivity index (χ1) is 4.33. The van der Waals surface area contributed by atoms with Gasteiger partial charge in [0.05, 0.1) is 0 Å². The van der Waals surface area contributed by atoms with Gasteiger partial charge in [-0.05, 0) is 12.3 Å². The molecule has 0 unspecified atom stereocenters. The summed E-state index contributed by atoms with van der Waals surface area (Å²) in [6.07, 6.45) is 0.765. The van der Waals surface area contributed by atoms with Crippen LogP contribution >= 0.6 is 23.6 Å². The smallest absolute Gasteiger partial charge is 0.122 e. The molecule has 0 saturated heterocycles. The molecule has 0 spiro atoms. The summed E-state index contributed by atoms with van der Waals surface area (Å²) in [6, 6.07) is 0. The van der Waals surface area contributed by atoms with E-state index in [0.29, 0.717) is 0 Å². The molecule has 0 saturated carbocycles. The summed E-state index contributed by atoms with van der Waals surface area (Å²) < 4.78 is 0. The SMILES string of the molecule is Cc1nnc(CC=S)s1. The summed E-state index contributed by atoms with van der Waals surface area (Å²) in [7, 11) is 0. The molecule has 48 valence electrons. The van der Waals surface area contributed by atoms with Crippen LogP contribution in [0.5, 0.6) is 0 Å². The van der Waals surface area contributed by atoms with Crippen molar-refractivity contribution in [2.45, 2.75) is 13.3 Å². The number of thiocarbonyl (C=S) groups is 1. The summed E-state index contributed by atoms with van der Waals surface area (Å²) >= 11 is 6.25. The number of nitrogens with zero attached hydrogens (tertiary/aromatic N) is 2. The van der Waals surface area contributed by atoms with E-state index in [9.17, 15) is 0 Å². The molecule has 0 aliphatic rings. The van der Waals surface area contributed by atoms with Gasteiger partial charge in [-0.2, -0.15) is 0 Å². The molecule has 0 aromatic carbocycles. The van der Waals surface area contributed by atoms with Crippen molar-refractivity contribution in [3.8, 4) is 0 Å². The van der Waals surface area contributed by atoms with Crippen molar-refractivity contribution >= 4 is 28.9 Å². The van der Waals surface area contributed by atoms with Crippen LogP contribution in [0.25, 0.3) is 0 Å². The fraction of sp³-hybridized carbons (Fsp3) is 0.400. The lowest BCUT2D eigenvalue weighted by atomic mass is 10.5. The van der Waals surface area contributed by atoms with Crippen molar-refractivity contribution in [3.63, 3.8) is 0 Å². The molecular weight excluding hydrogens is 152 g/mol. The summed E-state index contributed by atoms with van der Waals surface area (Å²) in [5.74, 6) is 0. The number of aryl methyl sites for hydroxylation is 1. The van der Waals surface area contributed by atoms with E-state index in [1.165, 1.54) is 0 Å². The number of rotatable bonds is 2. The Bertz CT molecular complexity index is 206. The Balaban J connectivity index is 2.72. The van der Waals surface area contributed by atoms with Crippen molar-refractivity contribution in [1.29, 1.82) is 0 Å². The zero-order valence-electron chi connectivity index (χ0n) is 5.00. The van der Waals surface area contributed by atoms with Crippen LogP contribution < -0.4 is 0 Å². The van der Waals surface area contributed by atoms with Crippen LogP contribution in [0.2, 0.25) is 0 Å². The van der Waals surface area contributed by atoms with Crippen molar-refractivity contribution in [2.24, 2.45) is 0 Å². The van der Waals surface area contributed by atoms with E-state index in [4.69, 9.17) is 0 Å². The quantitative estimate of drug-likeness (QED) is 0.608.